The second kappa shape index (κ2) is 12.5. The van der Waals surface area contributed by atoms with Crippen LogP contribution in [0, 0.1) is 13.8 Å². The Morgan fingerprint density at radius 2 is 0.765 bits per heavy atom. The summed E-state index contributed by atoms with van der Waals surface area (Å²) in [6, 6.07) is 68.3. The minimum atomic E-state index is -0.468. The first-order valence-corrected chi connectivity index (χ1v) is 17.7. The first-order chi connectivity index (χ1) is 25.1. The van der Waals surface area contributed by atoms with Gasteiger partial charge in [0, 0.05) is 11.1 Å². The van der Waals surface area contributed by atoms with Crippen molar-refractivity contribution < 1.29 is 0 Å². The molecule has 0 fully saturated rings. The van der Waals surface area contributed by atoms with Gasteiger partial charge in [0.1, 0.15) is 0 Å². The second-order valence-corrected chi connectivity index (χ2v) is 13.6. The Bertz CT molecular complexity index is 2480. The van der Waals surface area contributed by atoms with Crippen molar-refractivity contribution >= 4 is 0 Å². The fourth-order valence-electron chi connectivity index (χ4n) is 8.34. The quantitative estimate of drug-likeness (QED) is 0.174. The molecule has 0 amide bonds. The molecule has 1 aromatic heterocycles. The summed E-state index contributed by atoms with van der Waals surface area (Å²) in [6.45, 7) is 4.51. The molecule has 1 aliphatic rings. The van der Waals surface area contributed by atoms with Gasteiger partial charge in [-0.15, -0.1) is 0 Å². The molecule has 0 saturated heterocycles. The second-order valence-electron chi connectivity index (χ2n) is 13.6. The van der Waals surface area contributed by atoms with Crippen LogP contribution in [0.25, 0.3) is 55.9 Å². The molecule has 242 valence electrons. The van der Waals surface area contributed by atoms with Crippen molar-refractivity contribution in [1.29, 1.82) is 0 Å². The van der Waals surface area contributed by atoms with E-state index in [4.69, 9.17) is 4.98 Å². The lowest BCUT2D eigenvalue weighted by atomic mass is 9.65. The third kappa shape index (κ3) is 5.04. The van der Waals surface area contributed by atoms with Crippen molar-refractivity contribution in [3.63, 3.8) is 0 Å². The Morgan fingerprint density at radius 3 is 1.37 bits per heavy atom. The van der Waals surface area contributed by atoms with Gasteiger partial charge in [0.2, 0.25) is 0 Å². The Morgan fingerprint density at radius 1 is 0.333 bits per heavy atom. The van der Waals surface area contributed by atoms with Crippen molar-refractivity contribution in [3.05, 3.63) is 221 Å². The molecule has 0 spiro atoms. The van der Waals surface area contributed by atoms with Gasteiger partial charge >= 0.3 is 0 Å². The smallest absolute Gasteiger partial charge is 0.0718 e. The SMILES string of the molecule is Cc1ccccc1C1(c2ccccc2C)c2ccccc2-c2c(-c3cc(-c4ccccc4)nc(-c4ccc(-c5ccccc5)cc4)c3)cccc21. The summed E-state index contributed by atoms with van der Waals surface area (Å²) >= 11 is 0. The standard InChI is InChI=1S/C50H37N/c1-34-16-9-12-24-43(34)50(44-25-13-10-17-35(44)2)45-26-14-11-22-42(45)49-41(23-15-27-46(49)50)40-32-47(38-20-7-4-8-21-38)51-48(33-40)39-30-28-37(29-31-39)36-18-5-3-6-19-36/h3-33H,1-2H3. The number of fused-ring (bicyclic) bond motifs is 3. The minimum absolute atomic E-state index is 0.468. The van der Waals surface area contributed by atoms with Crippen molar-refractivity contribution in [2.24, 2.45) is 0 Å². The lowest BCUT2D eigenvalue weighted by Gasteiger charge is -2.36. The van der Waals surface area contributed by atoms with Gasteiger partial charge in [0.15, 0.2) is 0 Å². The van der Waals surface area contributed by atoms with E-state index in [1.54, 1.807) is 0 Å². The maximum Gasteiger partial charge on any atom is 0.0718 e. The molecular weight excluding hydrogens is 615 g/mol. The number of rotatable bonds is 6. The maximum atomic E-state index is 5.29. The van der Waals surface area contributed by atoms with E-state index in [1.165, 1.54) is 61.2 Å². The van der Waals surface area contributed by atoms with Crippen LogP contribution in [0.15, 0.2) is 188 Å². The van der Waals surface area contributed by atoms with E-state index in [0.29, 0.717) is 0 Å². The molecule has 0 saturated carbocycles. The highest BCUT2D eigenvalue weighted by molar-refractivity contribution is 5.96. The largest absolute Gasteiger partial charge is 0.248 e. The van der Waals surface area contributed by atoms with Crippen LogP contribution in [0.4, 0.5) is 0 Å². The number of hydrogen-bond acceptors (Lipinski definition) is 1. The van der Waals surface area contributed by atoms with Crippen LogP contribution >= 0.6 is 0 Å². The minimum Gasteiger partial charge on any atom is -0.248 e. The predicted molar refractivity (Wildman–Crippen MR) is 213 cm³/mol. The number of aromatic nitrogens is 1. The highest BCUT2D eigenvalue weighted by Crippen LogP contribution is 2.59. The summed E-state index contributed by atoms with van der Waals surface area (Å²) in [5.74, 6) is 0. The van der Waals surface area contributed by atoms with Crippen molar-refractivity contribution in [1.82, 2.24) is 4.98 Å². The third-order valence-electron chi connectivity index (χ3n) is 10.7. The molecule has 9 rings (SSSR count). The fourth-order valence-corrected chi connectivity index (χ4v) is 8.34. The molecule has 1 aliphatic carbocycles. The topological polar surface area (TPSA) is 12.9 Å². The normalized spacial score (nSPS) is 12.7. The Kier molecular flexibility index (Phi) is 7.55. The van der Waals surface area contributed by atoms with Crippen LogP contribution in [0.3, 0.4) is 0 Å². The number of benzene rings is 7. The van der Waals surface area contributed by atoms with Crippen molar-refractivity contribution in [3.8, 4) is 55.9 Å². The van der Waals surface area contributed by atoms with Crippen LogP contribution in [0.5, 0.6) is 0 Å². The van der Waals surface area contributed by atoms with Crippen molar-refractivity contribution in [2.45, 2.75) is 19.3 Å². The zero-order valence-corrected chi connectivity index (χ0v) is 28.8. The van der Waals surface area contributed by atoms with E-state index in [0.717, 1.165) is 28.1 Å². The summed E-state index contributed by atoms with van der Waals surface area (Å²) in [6.07, 6.45) is 0. The zero-order chi connectivity index (χ0) is 34.4. The van der Waals surface area contributed by atoms with E-state index in [9.17, 15) is 0 Å². The van der Waals surface area contributed by atoms with Crippen molar-refractivity contribution in [2.75, 3.05) is 0 Å². The van der Waals surface area contributed by atoms with Crippen LogP contribution in [0.1, 0.15) is 33.4 Å². The van der Waals surface area contributed by atoms with E-state index in [-0.39, 0.29) is 0 Å². The number of hydrogen-bond donors (Lipinski definition) is 0. The molecule has 51 heavy (non-hydrogen) atoms. The van der Waals surface area contributed by atoms with Gasteiger partial charge in [-0.1, -0.05) is 176 Å². The lowest BCUT2D eigenvalue weighted by molar-refractivity contribution is 0.754. The number of aryl methyl sites for hydroxylation is 2. The fraction of sp³-hybridized carbons (Fsp3) is 0.0600. The molecule has 0 unspecified atom stereocenters. The van der Waals surface area contributed by atoms with Gasteiger partial charge in [-0.2, -0.15) is 0 Å². The van der Waals surface area contributed by atoms with Crippen LogP contribution in [-0.4, -0.2) is 4.98 Å². The third-order valence-corrected chi connectivity index (χ3v) is 10.7. The Hall–Kier alpha value is -6.31. The molecule has 0 atom stereocenters. The van der Waals surface area contributed by atoms with E-state index >= 15 is 0 Å². The Labute approximate surface area is 300 Å². The summed E-state index contributed by atoms with van der Waals surface area (Å²) in [5, 5.41) is 0. The first-order valence-electron chi connectivity index (χ1n) is 17.7. The van der Waals surface area contributed by atoms with Gasteiger partial charge in [-0.25, -0.2) is 4.98 Å². The summed E-state index contributed by atoms with van der Waals surface area (Å²) in [4.78, 5) is 5.29. The molecule has 0 bridgehead atoms. The van der Waals surface area contributed by atoms with E-state index < -0.39 is 5.41 Å². The molecule has 8 aromatic rings. The zero-order valence-electron chi connectivity index (χ0n) is 28.8. The highest BCUT2D eigenvalue weighted by atomic mass is 14.7. The first kappa shape index (κ1) is 30.7. The average molecular weight is 652 g/mol. The van der Waals surface area contributed by atoms with Gasteiger partial charge in [0.25, 0.3) is 0 Å². The van der Waals surface area contributed by atoms with Crippen LogP contribution < -0.4 is 0 Å². The number of pyridine rings is 1. The average Bonchev–Trinajstić information content (AvgIpc) is 3.50. The molecule has 0 N–H and O–H groups in total. The summed E-state index contributed by atoms with van der Waals surface area (Å²) < 4.78 is 0. The molecule has 7 aromatic carbocycles. The lowest BCUT2D eigenvalue weighted by Crippen LogP contribution is -2.30. The van der Waals surface area contributed by atoms with Gasteiger partial charge in [-0.3, -0.25) is 0 Å². The predicted octanol–water partition coefficient (Wildman–Crippen LogP) is 12.7. The summed E-state index contributed by atoms with van der Waals surface area (Å²) in [5.41, 5.74) is 18.8. The molecule has 1 heteroatoms. The molecule has 0 aliphatic heterocycles. The highest BCUT2D eigenvalue weighted by Gasteiger charge is 2.48. The molecule has 1 heterocycles. The van der Waals surface area contributed by atoms with E-state index in [1.807, 2.05) is 0 Å². The van der Waals surface area contributed by atoms with Gasteiger partial charge in [0.05, 0.1) is 16.8 Å². The molecular formula is C50H37N. The summed E-state index contributed by atoms with van der Waals surface area (Å²) in [7, 11) is 0. The monoisotopic (exact) mass is 651 g/mol. The molecule has 0 radical (unpaired) electrons. The number of nitrogens with zero attached hydrogens (tertiary/aromatic N) is 1. The van der Waals surface area contributed by atoms with E-state index in [2.05, 4.69) is 202 Å². The van der Waals surface area contributed by atoms with Crippen LogP contribution in [0.2, 0.25) is 0 Å². The van der Waals surface area contributed by atoms with Gasteiger partial charge in [-0.05, 0) is 92.7 Å². The van der Waals surface area contributed by atoms with Gasteiger partial charge < -0.3 is 0 Å². The van der Waals surface area contributed by atoms with Crippen LogP contribution in [-0.2, 0) is 5.41 Å². The Balaban J connectivity index is 1.31. The molecule has 1 nitrogen and oxygen atoms in total. The maximum absolute atomic E-state index is 5.29.